The number of aliphatic hydroxyl groups excluding tert-OH is 8. The maximum absolute atomic E-state index is 13.1. The Hall–Kier alpha value is -1.35. The number of ether oxygens (including phenoxy) is 6. The van der Waals surface area contributed by atoms with Gasteiger partial charge in [0, 0.05) is 0 Å². The van der Waals surface area contributed by atoms with Gasteiger partial charge in [0.05, 0.1) is 30.8 Å². The lowest BCUT2D eigenvalue weighted by Crippen LogP contribution is -2.66. The van der Waals surface area contributed by atoms with Crippen molar-refractivity contribution in [1.82, 2.24) is 0 Å². The molecule has 8 aliphatic rings. The van der Waals surface area contributed by atoms with Crippen molar-refractivity contribution >= 4 is 5.97 Å². The fraction of sp³-hybridized carbons (Fsp3) is 0.936. The lowest BCUT2D eigenvalue weighted by molar-refractivity contribution is -0.352. The van der Waals surface area contributed by atoms with Crippen molar-refractivity contribution in [3.8, 4) is 0 Å². The second-order valence-electron chi connectivity index (χ2n) is 23.0. The first-order valence-electron chi connectivity index (χ1n) is 23.6. The van der Waals surface area contributed by atoms with Gasteiger partial charge in [0.15, 0.2) is 18.9 Å². The van der Waals surface area contributed by atoms with Crippen LogP contribution in [0.1, 0.15) is 120 Å². The standard InChI is InChI=1S/C47H76O16/c1-22-30(51)36(62-40-37(33(54)35(61-40)25(49)20-48)63-38-32(53)31(52)26(50)21-58-38)34(55)39(59-22)60-29-12-13-44(6)27(43(29,4)5)11-14-46(8)28(44)10-9-23-24-19-42(2,3)15-17-47(24,41(56)57)18-16-45(23,46)7/h9,22,24-40,48-55H,10-21H2,1-8H3,(H,56,57)/t22-,24-,25?,26+,27?,28?,29-,30+,31-,32+,33-,34-,35+,36+,37+,38-,39-,40+,44-,45?,46+,47?/m0/s1. The van der Waals surface area contributed by atoms with Gasteiger partial charge in [-0.2, -0.15) is 0 Å². The number of aliphatic carboxylic acids is 1. The summed E-state index contributed by atoms with van der Waals surface area (Å²) in [7, 11) is 0. The molecular formula is C47H76O16. The number of hydrogen-bond acceptors (Lipinski definition) is 15. The zero-order valence-corrected chi connectivity index (χ0v) is 38.3. The molecule has 3 heterocycles. The third-order valence-electron chi connectivity index (χ3n) is 18.9. The molecule has 0 bridgehead atoms. The predicted molar refractivity (Wildman–Crippen MR) is 223 cm³/mol. The second kappa shape index (κ2) is 16.7. The Morgan fingerprint density at radius 1 is 0.762 bits per heavy atom. The van der Waals surface area contributed by atoms with E-state index in [0.717, 1.165) is 51.4 Å². The second-order valence-corrected chi connectivity index (χ2v) is 23.0. The lowest BCUT2D eigenvalue weighted by atomic mass is 9.33. The molecule has 8 rings (SSSR count). The number of hydrogen-bond donors (Lipinski definition) is 9. The summed E-state index contributed by atoms with van der Waals surface area (Å²) in [4.78, 5) is 13.1. The van der Waals surface area contributed by atoms with Crippen LogP contribution in [0.15, 0.2) is 11.6 Å². The van der Waals surface area contributed by atoms with Crippen LogP contribution in [0.25, 0.3) is 0 Å². The smallest absolute Gasteiger partial charge is 0.310 e. The Balaban J connectivity index is 0.999. The number of carbonyl (C=O) groups is 1. The first kappa shape index (κ1) is 48.1. The molecular weight excluding hydrogens is 821 g/mol. The summed E-state index contributed by atoms with van der Waals surface area (Å²) >= 11 is 0. The number of aliphatic hydroxyl groups is 8. The van der Waals surface area contributed by atoms with Gasteiger partial charge in [-0.25, -0.2) is 0 Å². The van der Waals surface area contributed by atoms with Gasteiger partial charge in [0.25, 0.3) is 0 Å². The van der Waals surface area contributed by atoms with E-state index in [0.29, 0.717) is 18.8 Å². The minimum Gasteiger partial charge on any atom is -0.481 e. The van der Waals surface area contributed by atoms with Crippen LogP contribution in [-0.4, -0.2) is 157 Å². The minimum absolute atomic E-state index is 0.0247. The van der Waals surface area contributed by atoms with Gasteiger partial charge in [-0.3, -0.25) is 4.79 Å². The van der Waals surface area contributed by atoms with Crippen molar-refractivity contribution in [2.75, 3.05) is 13.2 Å². The van der Waals surface area contributed by atoms with E-state index in [1.54, 1.807) is 6.92 Å². The Morgan fingerprint density at radius 3 is 2.13 bits per heavy atom. The average molecular weight is 897 g/mol. The van der Waals surface area contributed by atoms with Crippen molar-refractivity contribution < 1.29 is 79.2 Å². The molecule has 5 aliphatic carbocycles. The molecule has 360 valence electrons. The molecule has 22 atom stereocenters. The minimum atomic E-state index is -1.73. The predicted octanol–water partition coefficient (Wildman–Crippen LogP) is 2.37. The molecule has 0 aromatic heterocycles. The topological polar surface area (TPSA) is 255 Å². The largest absolute Gasteiger partial charge is 0.481 e. The van der Waals surface area contributed by atoms with Gasteiger partial charge in [-0.1, -0.05) is 60.1 Å². The van der Waals surface area contributed by atoms with E-state index in [9.17, 15) is 50.8 Å². The van der Waals surface area contributed by atoms with Crippen LogP contribution in [0, 0.1) is 50.2 Å². The van der Waals surface area contributed by atoms with Crippen molar-refractivity contribution in [2.24, 2.45) is 50.2 Å². The molecule has 3 saturated heterocycles. The molecule has 16 nitrogen and oxygen atoms in total. The van der Waals surface area contributed by atoms with E-state index in [1.807, 2.05) is 0 Å². The number of carboxylic acid groups (broad SMARTS) is 1. The van der Waals surface area contributed by atoms with Crippen LogP contribution < -0.4 is 0 Å². The van der Waals surface area contributed by atoms with Gasteiger partial charge < -0.3 is 74.4 Å². The number of rotatable bonds is 9. The van der Waals surface area contributed by atoms with Gasteiger partial charge >= 0.3 is 5.97 Å². The van der Waals surface area contributed by atoms with Crippen molar-refractivity contribution in [3.63, 3.8) is 0 Å². The van der Waals surface area contributed by atoms with Crippen LogP contribution in [0.2, 0.25) is 0 Å². The first-order valence-corrected chi connectivity index (χ1v) is 23.6. The molecule has 3 aliphatic heterocycles. The quantitative estimate of drug-likeness (QED) is 0.119. The highest BCUT2D eigenvalue weighted by molar-refractivity contribution is 5.76. The van der Waals surface area contributed by atoms with Gasteiger partial charge in [-0.05, 0) is 116 Å². The Labute approximate surface area is 371 Å². The summed E-state index contributed by atoms with van der Waals surface area (Å²) in [5.74, 6) is 0.0314. The highest BCUT2D eigenvalue weighted by atomic mass is 16.8. The molecule has 0 aromatic carbocycles. The molecule has 0 aromatic rings. The highest BCUT2D eigenvalue weighted by Crippen LogP contribution is 2.76. The molecule has 0 spiro atoms. The third kappa shape index (κ3) is 7.51. The van der Waals surface area contributed by atoms with Gasteiger partial charge in [-0.15, -0.1) is 0 Å². The zero-order chi connectivity index (χ0) is 46.0. The molecule has 5 unspecified atom stereocenters. The summed E-state index contributed by atoms with van der Waals surface area (Å²) in [6.45, 7) is 16.9. The molecule has 9 N–H and O–H groups in total. The number of fused-ring (bicyclic) bond motifs is 7. The van der Waals surface area contributed by atoms with Crippen LogP contribution >= 0.6 is 0 Å². The van der Waals surface area contributed by atoms with Crippen LogP contribution in [0.3, 0.4) is 0 Å². The molecule has 7 fully saturated rings. The Morgan fingerprint density at radius 2 is 1.44 bits per heavy atom. The molecule has 63 heavy (non-hydrogen) atoms. The summed E-state index contributed by atoms with van der Waals surface area (Å²) in [5, 5.41) is 96.2. The van der Waals surface area contributed by atoms with E-state index in [1.165, 1.54) is 5.57 Å². The SMILES string of the molecule is C[C@@H]1O[C@@H](O[C@H]2CC[C@@]3(C)C(CC[C@]4(C)C3CC=C3[C@@H]5CC(C)(C)CCC5(C(=O)O)CCC34C)C2(C)C)[C@@H](O)[C@H](O[C@H]2O[C@H](C(O)CO)[C@H](O)[C@H]2O[C@@H]2OC[C@@H](O)[C@H](O)[C@H]2O)[C@@H]1O. The van der Waals surface area contributed by atoms with Gasteiger partial charge in [0.2, 0.25) is 0 Å². The molecule has 0 radical (unpaired) electrons. The highest BCUT2D eigenvalue weighted by Gasteiger charge is 2.70. The fourth-order valence-electron chi connectivity index (χ4n) is 14.8. The monoisotopic (exact) mass is 897 g/mol. The van der Waals surface area contributed by atoms with E-state index < -0.39 is 111 Å². The van der Waals surface area contributed by atoms with Crippen LogP contribution in [-0.2, 0) is 33.2 Å². The first-order chi connectivity index (χ1) is 29.4. The van der Waals surface area contributed by atoms with Crippen LogP contribution in [0.5, 0.6) is 0 Å². The molecule has 0 amide bonds. The number of carboxylic acids is 1. The average Bonchev–Trinajstić information content (AvgIpc) is 3.52. The van der Waals surface area contributed by atoms with E-state index >= 15 is 0 Å². The zero-order valence-electron chi connectivity index (χ0n) is 38.3. The normalized spacial score (nSPS) is 53.3. The lowest BCUT2D eigenvalue weighted by Gasteiger charge is -2.71. The van der Waals surface area contributed by atoms with E-state index in [2.05, 4.69) is 54.5 Å². The summed E-state index contributed by atoms with van der Waals surface area (Å²) < 4.78 is 36.2. The summed E-state index contributed by atoms with van der Waals surface area (Å²) in [6.07, 6.45) is -9.91. The van der Waals surface area contributed by atoms with Crippen molar-refractivity contribution in [2.45, 2.75) is 212 Å². The van der Waals surface area contributed by atoms with Crippen LogP contribution in [0.4, 0.5) is 0 Å². The maximum atomic E-state index is 13.1. The molecule has 16 heteroatoms. The van der Waals surface area contributed by atoms with Crippen molar-refractivity contribution in [3.05, 3.63) is 11.6 Å². The Bertz CT molecular complexity index is 1720. The Kier molecular flexibility index (Phi) is 12.8. The third-order valence-corrected chi connectivity index (χ3v) is 18.9. The number of allylic oxidation sites excluding steroid dienone is 2. The van der Waals surface area contributed by atoms with E-state index in [-0.39, 0.29) is 45.0 Å². The van der Waals surface area contributed by atoms with Gasteiger partial charge in [0.1, 0.15) is 61.0 Å². The summed E-state index contributed by atoms with van der Waals surface area (Å²) in [5.41, 5.74) is 0.227. The maximum Gasteiger partial charge on any atom is 0.310 e. The van der Waals surface area contributed by atoms with E-state index in [4.69, 9.17) is 28.4 Å². The van der Waals surface area contributed by atoms with Crippen molar-refractivity contribution in [1.29, 1.82) is 0 Å². The molecule has 4 saturated carbocycles. The summed E-state index contributed by atoms with van der Waals surface area (Å²) in [6, 6.07) is 0. The fourth-order valence-corrected chi connectivity index (χ4v) is 14.8.